The van der Waals surface area contributed by atoms with Crippen LogP contribution in [0.15, 0.2) is 30.3 Å². The zero-order valence-corrected chi connectivity index (χ0v) is 14.1. The molecule has 1 aliphatic rings. The Bertz CT molecular complexity index is 495. The number of amides is 1. The molecule has 126 valence electrons. The molecular formula is C19H28N2O2. The molecule has 2 rings (SSSR count). The summed E-state index contributed by atoms with van der Waals surface area (Å²) in [6.45, 7) is 5.15. The largest absolute Gasteiger partial charge is 0.355 e. The molecule has 23 heavy (non-hydrogen) atoms. The second kappa shape index (κ2) is 9.46. The molecule has 0 aromatic heterocycles. The molecule has 1 aliphatic heterocycles. The van der Waals surface area contributed by atoms with Gasteiger partial charge in [0.25, 0.3) is 0 Å². The predicted octanol–water partition coefficient (Wildman–Crippen LogP) is 3.03. The highest BCUT2D eigenvalue weighted by atomic mass is 16.1. The molecule has 0 aliphatic carbocycles. The van der Waals surface area contributed by atoms with Crippen molar-refractivity contribution in [2.45, 2.75) is 51.5 Å². The summed E-state index contributed by atoms with van der Waals surface area (Å²) in [4.78, 5) is 26.3. The molecule has 4 nitrogen and oxygen atoms in total. The normalized spacial score (nSPS) is 16.7. The lowest BCUT2D eigenvalue weighted by Gasteiger charge is -2.32. The second-order valence-electron chi connectivity index (χ2n) is 6.39. The molecule has 0 bridgehead atoms. The molecule has 1 heterocycles. The smallest absolute Gasteiger partial charge is 0.220 e. The Labute approximate surface area is 139 Å². The third kappa shape index (κ3) is 6.14. The van der Waals surface area contributed by atoms with Gasteiger partial charge in [-0.25, -0.2) is 0 Å². The predicted molar refractivity (Wildman–Crippen MR) is 92.5 cm³/mol. The van der Waals surface area contributed by atoms with Gasteiger partial charge in [0.05, 0.1) is 0 Å². The van der Waals surface area contributed by atoms with Gasteiger partial charge in [0.2, 0.25) is 5.91 Å². The van der Waals surface area contributed by atoms with E-state index in [2.05, 4.69) is 17.1 Å². The van der Waals surface area contributed by atoms with Crippen LogP contribution in [0.5, 0.6) is 0 Å². The van der Waals surface area contributed by atoms with Crippen molar-refractivity contribution < 1.29 is 9.59 Å². The zero-order valence-electron chi connectivity index (χ0n) is 14.1. The molecule has 1 aromatic carbocycles. The number of rotatable bonds is 8. The minimum Gasteiger partial charge on any atom is -0.355 e. The van der Waals surface area contributed by atoms with E-state index in [1.54, 1.807) is 0 Å². The summed E-state index contributed by atoms with van der Waals surface area (Å²) in [6, 6.07) is 9.66. The number of hydrogen-bond acceptors (Lipinski definition) is 3. The average Bonchev–Trinajstić information content (AvgIpc) is 2.61. The van der Waals surface area contributed by atoms with E-state index in [0.717, 1.165) is 18.7 Å². The highest BCUT2D eigenvalue weighted by Crippen LogP contribution is 2.11. The van der Waals surface area contributed by atoms with E-state index in [4.69, 9.17) is 0 Å². The van der Waals surface area contributed by atoms with Gasteiger partial charge in [-0.05, 0) is 39.3 Å². The molecule has 1 fully saturated rings. The van der Waals surface area contributed by atoms with Gasteiger partial charge in [0, 0.05) is 31.0 Å². The van der Waals surface area contributed by atoms with Gasteiger partial charge in [0.15, 0.2) is 5.78 Å². The van der Waals surface area contributed by atoms with Crippen molar-refractivity contribution in [2.24, 2.45) is 0 Å². The topological polar surface area (TPSA) is 49.4 Å². The molecule has 1 saturated heterocycles. The fourth-order valence-corrected chi connectivity index (χ4v) is 3.02. The average molecular weight is 316 g/mol. The molecule has 1 atom stereocenters. The van der Waals surface area contributed by atoms with Crippen LogP contribution in [0.3, 0.4) is 0 Å². The van der Waals surface area contributed by atoms with Crippen LogP contribution >= 0.6 is 0 Å². The Hall–Kier alpha value is -1.68. The minimum absolute atomic E-state index is 0.0507. The summed E-state index contributed by atoms with van der Waals surface area (Å²) in [6.07, 6.45) is 5.31. The lowest BCUT2D eigenvalue weighted by atomic mass is 10.1. The first-order valence-corrected chi connectivity index (χ1v) is 8.76. The number of hydrogen-bond donors (Lipinski definition) is 1. The third-order valence-corrected chi connectivity index (χ3v) is 4.51. The standard InChI is InChI=1S/C19H28N2O2/c1-16(21-13-6-3-7-14-21)15-20-19(23)12-8-11-18(22)17-9-4-2-5-10-17/h2,4-5,9-10,16H,3,6-8,11-15H2,1H3,(H,20,23). The molecule has 0 spiro atoms. The first-order chi connectivity index (χ1) is 11.2. The van der Waals surface area contributed by atoms with E-state index in [9.17, 15) is 9.59 Å². The summed E-state index contributed by atoms with van der Waals surface area (Å²) in [5.41, 5.74) is 0.728. The van der Waals surface area contributed by atoms with Crippen LogP contribution in [-0.2, 0) is 4.79 Å². The molecule has 1 N–H and O–H groups in total. The van der Waals surface area contributed by atoms with Crippen molar-refractivity contribution in [3.8, 4) is 0 Å². The van der Waals surface area contributed by atoms with Gasteiger partial charge in [-0.2, -0.15) is 0 Å². The summed E-state index contributed by atoms with van der Waals surface area (Å²) < 4.78 is 0. The zero-order chi connectivity index (χ0) is 16.5. The molecule has 1 unspecified atom stereocenters. The fourth-order valence-electron chi connectivity index (χ4n) is 3.02. The first-order valence-electron chi connectivity index (χ1n) is 8.76. The molecular weight excluding hydrogens is 288 g/mol. The van der Waals surface area contributed by atoms with Crippen molar-refractivity contribution in [2.75, 3.05) is 19.6 Å². The number of carbonyl (C=O) groups is 2. The maximum Gasteiger partial charge on any atom is 0.220 e. The van der Waals surface area contributed by atoms with Gasteiger partial charge in [-0.15, -0.1) is 0 Å². The molecule has 1 amide bonds. The monoisotopic (exact) mass is 316 g/mol. The maximum absolute atomic E-state index is 12.0. The van der Waals surface area contributed by atoms with Crippen LogP contribution < -0.4 is 5.32 Å². The van der Waals surface area contributed by atoms with E-state index in [1.165, 1.54) is 19.3 Å². The van der Waals surface area contributed by atoms with Crippen LogP contribution in [0.2, 0.25) is 0 Å². The van der Waals surface area contributed by atoms with Gasteiger partial charge in [-0.1, -0.05) is 36.8 Å². The van der Waals surface area contributed by atoms with Gasteiger partial charge in [0.1, 0.15) is 0 Å². The van der Waals surface area contributed by atoms with Crippen LogP contribution in [0.25, 0.3) is 0 Å². The molecule has 4 heteroatoms. The first kappa shape index (κ1) is 17.7. The maximum atomic E-state index is 12.0. The summed E-state index contributed by atoms with van der Waals surface area (Å²) in [7, 11) is 0. The van der Waals surface area contributed by atoms with E-state index < -0.39 is 0 Å². The van der Waals surface area contributed by atoms with Crippen molar-refractivity contribution >= 4 is 11.7 Å². The number of nitrogens with one attached hydrogen (secondary N) is 1. The van der Waals surface area contributed by atoms with Crippen molar-refractivity contribution in [3.63, 3.8) is 0 Å². The van der Waals surface area contributed by atoms with Gasteiger partial charge >= 0.3 is 0 Å². The molecule has 1 aromatic rings. The highest BCUT2D eigenvalue weighted by molar-refractivity contribution is 5.96. The fraction of sp³-hybridized carbons (Fsp3) is 0.579. The number of piperidine rings is 1. The number of nitrogens with zero attached hydrogens (tertiary/aromatic N) is 1. The Morgan fingerprint density at radius 1 is 1.09 bits per heavy atom. The number of benzene rings is 1. The molecule has 0 saturated carbocycles. The van der Waals surface area contributed by atoms with Crippen molar-refractivity contribution in [1.29, 1.82) is 0 Å². The van der Waals surface area contributed by atoms with Crippen molar-refractivity contribution in [3.05, 3.63) is 35.9 Å². The van der Waals surface area contributed by atoms with Gasteiger partial charge < -0.3 is 5.32 Å². The van der Waals surface area contributed by atoms with Crippen LogP contribution in [0.1, 0.15) is 55.8 Å². The van der Waals surface area contributed by atoms with Gasteiger partial charge in [-0.3, -0.25) is 14.5 Å². The number of ketones is 1. The SMILES string of the molecule is CC(CNC(=O)CCCC(=O)c1ccccc1)N1CCCCC1. The highest BCUT2D eigenvalue weighted by Gasteiger charge is 2.17. The van der Waals surface area contributed by atoms with Crippen LogP contribution in [0.4, 0.5) is 0 Å². The van der Waals surface area contributed by atoms with Crippen LogP contribution in [0, 0.1) is 0 Å². The quantitative estimate of drug-likeness (QED) is 0.750. The Morgan fingerprint density at radius 2 is 1.78 bits per heavy atom. The lowest BCUT2D eigenvalue weighted by Crippen LogP contribution is -2.44. The van der Waals surface area contributed by atoms with E-state index in [-0.39, 0.29) is 11.7 Å². The number of likely N-dealkylation sites (tertiary alicyclic amines) is 1. The third-order valence-electron chi connectivity index (χ3n) is 4.51. The van der Waals surface area contributed by atoms with Crippen LogP contribution in [-0.4, -0.2) is 42.3 Å². The number of Topliss-reactive ketones (excluding diaryl/α,β-unsaturated/α-hetero) is 1. The molecule has 0 radical (unpaired) electrons. The number of carbonyl (C=O) groups excluding carboxylic acids is 2. The Kier molecular flexibility index (Phi) is 7.27. The summed E-state index contributed by atoms with van der Waals surface area (Å²) in [5, 5.41) is 3.00. The minimum atomic E-state index is 0.0507. The summed E-state index contributed by atoms with van der Waals surface area (Å²) >= 11 is 0. The summed E-state index contributed by atoms with van der Waals surface area (Å²) in [5.74, 6) is 0.162. The second-order valence-corrected chi connectivity index (χ2v) is 6.39. The van der Waals surface area contributed by atoms with E-state index in [1.807, 2.05) is 30.3 Å². The van der Waals surface area contributed by atoms with E-state index in [0.29, 0.717) is 31.8 Å². The van der Waals surface area contributed by atoms with E-state index >= 15 is 0 Å². The Balaban J connectivity index is 1.60. The Morgan fingerprint density at radius 3 is 2.48 bits per heavy atom. The lowest BCUT2D eigenvalue weighted by molar-refractivity contribution is -0.121. The van der Waals surface area contributed by atoms with Crippen molar-refractivity contribution in [1.82, 2.24) is 10.2 Å².